The van der Waals surface area contributed by atoms with Crippen molar-refractivity contribution in [2.24, 2.45) is 0 Å². The smallest absolute Gasteiger partial charge is 0.287 e. The summed E-state index contributed by atoms with van der Waals surface area (Å²) in [4.78, 5) is 40.9. The minimum Gasteiger partial charge on any atom is -0.287 e. The normalized spacial score (nSPS) is 11.0. The fraction of sp³-hybridized carbons (Fsp3) is 0.0952. The number of hydrogen-bond acceptors (Lipinski definition) is 5. The van der Waals surface area contributed by atoms with Crippen LogP contribution >= 0.6 is 11.6 Å². The standard InChI is InChI=1S/C21H15ClN4O4/c22-16-8-6-14(7-9-16)12-25-20(27)19-18(5-2-10-23-19)24(21(25)28)13-15-3-1-4-17(11-15)26(29)30/h1-11H,12-13H2. The van der Waals surface area contributed by atoms with Crippen molar-refractivity contribution < 1.29 is 4.92 Å². The largest absolute Gasteiger partial charge is 0.332 e. The first kappa shape index (κ1) is 19.5. The van der Waals surface area contributed by atoms with Crippen LogP contribution in [-0.4, -0.2) is 19.0 Å². The Bertz CT molecular complexity index is 1380. The second-order valence-corrected chi connectivity index (χ2v) is 7.12. The van der Waals surface area contributed by atoms with E-state index in [-0.39, 0.29) is 24.3 Å². The number of nitro groups is 1. The van der Waals surface area contributed by atoms with E-state index in [9.17, 15) is 19.7 Å². The highest BCUT2D eigenvalue weighted by atomic mass is 35.5. The summed E-state index contributed by atoms with van der Waals surface area (Å²) >= 11 is 5.91. The average Bonchev–Trinajstić information content (AvgIpc) is 2.75. The van der Waals surface area contributed by atoms with Crippen molar-refractivity contribution in [2.45, 2.75) is 13.1 Å². The van der Waals surface area contributed by atoms with Crippen LogP contribution in [0.2, 0.25) is 5.02 Å². The number of nitrogens with zero attached hydrogens (tertiary/aromatic N) is 4. The molecule has 4 aromatic rings. The van der Waals surface area contributed by atoms with Gasteiger partial charge >= 0.3 is 5.69 Å². The molecule has 0 saturated heterocycles. The molecule has 8 nitrogen and oxygen atoms in total. The molecular weight excluding hydrogens is 408 g/mol. The Hall–Kier alpha value is -3.78. The van der Waals surface area contributed by atoms with Gasteiger partial charge in [-0.25, -0.2) is 9.78 Å². The Morgan fingerprint density at radius 3 is 2.40 bits per heavy atom. The predicted octanol–water partition coefficient (Wildman–Crippen LogP) is 3.22. The molecule has 0 saturated carbocycles. The zero-order valence-electron chi connectivity index (χ0n) is 15.6. The van der Waals surface area contributed by atoms with E-state index in [1.54, 1.807) is 48.5 Å². The Balaban J connectivity index is 1.87. The van der Waals surface area contributed by atoms with Gasteiger partial charge in [-0.05, 0) is 35.4 Å². The summed E-state index contributed by atoms with van der Waals surface area (Å²) in [5.74, 6) is 0. The van der Waals surface area contributed by atoms with Gasteiger partial charge in [-0.15, -0.1) is 0 Å². The molecule has 30 heavy (non-hydrogen) atoms. The maximum Gasteiger partial charge on any atom is 0.332 e. The Morgan fingerprint density at radius 2 is 1.67 bits per heavy atom. The molecule has 0 aliphatic rings. The third-order valence-corrected chi connectivity index (χ3v) is 4.95. The molecule has 150 valence electrons. The van der Waals surface area contributed by atoms with Crippen LogP contribution in [0.4, 0.5) is 5.69 Å². The zero-order chi connectivity index (χ0) is 21.3. The molecule has 0 unspecified atom stereocenters. The monoisotopic (exact) mass is 422 g/mol. The summed E-state index contributed by atoms with van der Waals surface area (Å²) in [6, 6.07) is 16.1. The van der Waals surface area contributed by atoms with Crippen molar-refractivity contribution in [1.29, 1.82) is 0 Å². The molecule has 0 N–H and O–H groups in total. The highest BCUT2D eigenvalue weighted by molar-refractivity contribution is 6.30. The molecule has 2 aromatic heterocycles. The van der Waals surface area contributed by atoms with E-state index in [1.807, 2.05) is 0 Å². The van der Waals surface area contributed by atoms with Gasteiger partial charge in [-0.3, -0.25) is 24.0 Å². The summed E-state index contributed by atoms with van der Waals surface area (Å²) in [6.45, 7) is 0.111. The summed E-state index contributed by atoms with van der Waals surface area (Å²) in [7, 11) is 0. The molecule has 4 rings (SSSR count). The van der Waals surface area contributed by atoms with E-state index in [2.05, 4.69) is 4.98 Å². The van der Waals surface area contributed by atoms with Crippen LogP contribution < -0.4 is 11.2 Å². The summed E-state index contributed by atoms with van der Waals surface area (Å²) in [5.41, 5.74) is 0.715. The van der Waals surface area contributed by atoms with Gasteiger partial charge in [0.1, 0.15) is 0 Å². The van der Waals surface area contributed by atoms with Crippen LogP contribution in [0.1, 0.15) is 11.1 Å². The Morgan fingerprint density at radius 1 is 0.933 bits per heavy atom. The summed E-state index contributed by atoms with van der Waals surface area (Å²) in [5, 5.41) is 11.6. The van der Waals surface area contributed by atoms with Gasteiger partial charge in [-0.2, -0.15) is 0 Å². The molecule has 2 aromatic carbocycles. The summed E-state index contributed by atoms with van der Waals surface area (Å²) < 4.78 is 2.51. The predicted molar refractivity (Wildman–Crippen MR) is 113 cm³/mol. The molecule has 0 amide bonds. The maximum absolute atomic E-state index is 13.2. The second-order valence-electron chi connectivity index (χ2n) is 6.68. The molecule has 0 aliphatic heterocycles. The van der Waals surface area contributed by atoms with Crippen LogP contribution in [0.15, 0.2) is 76.4 Å². The van der Waals surface area contributed by atoms with E-state index >= 15 is 0 Å². The van der Waals surface area contributed by atoms with Crippen molar-refractivity contribution >= 4 is 28.3 Å². The number of rotatable bonds is 5. The minimum absolute atomic E-state index is 0.0519. The van der Waals surface area contributed by atoms with E-state index in [0.29, 0.717) is 16.1 Å². The topological polar surface area (TPSA) is 100 Å². The first-order valence-corrected chi connectivity index (χ1v) is 9.38. The van der Waals surface area contributed by atoms with E-state index in [1.165, 1.54) is 22.9 Å². The SMILES string of the molecule is O=c1c2ncccc2n(Cc2cccc([N+](=O)[O-])c2)c(=O)n1Cc1ccc(Cl)cc1. The lowest BCUT2D eigenvalue weighted by Crippen LogP contribution is -2.40. The number of aromatic nitrogens is 3. The van der Waals surface area contributed by atoms with Crippen molar-refractivity contribution in [3.8, 4) is 0 Å². The van der Waals surface area contributed by atoms with Crippen LogP contribution in [0, 0.1) is 10.1 Å². The molecular formula is C21H15ClN4O4. The molecule has 2 heterocycles. The van der Waals surface area contributed by atoms with Gasteiger partial charge in [-0.1, -0.05) is 35.9 Å². The average molecular weight is 423 g/mol. The van der Waals surface area contributed by atoms with Gasteiger partial charge in [0, 0.05) is 23.4 Å². The van der Waals surface area contributed by atoms with Crippen molar-refractivity contribution in [1.82, 2.24) is 14.1 Å². The molecule has 0 spiro atoms. The number of non-ortho nitro benzene ring substituents is 1. The van der Waals surface area contributed by atoms with Gasteiger partial charge in [0.15, 0.2) is 5.52 Å². The highest BCUT2D eigenvalue weighted by Gasteiger charge is 2.15. The van der Waals surface area contributed by atoms with Gasteiger partial charge in [0.05, 0.1) is 23.5 Å². The summed E-state index contributed by atoms with van der Waals surface area (Å²) in [6.07, 6.45) is 1.48. The molecule has 0 bridgehead atoms. The molecule has 0 fully saturated rings. The number of hydrogen-bond donors (Lipinski definition) is 0. The Labute approximate surface area is 174 Å². The number of halogens is 1. The quantitative estimate of drug-likeness (QED) is 0.363. The first-order chi connectivity index (χ1) is 14.4. The molecule has 0 radical (unpaired) electrons. The fourth-order valence-corrected chi connectivity index (χ4v) is 3.38. The van der Waals surface area contributed by atoms with Crippen molar-refractivity contribution in [3.63, 3.8) is 0 Å². The first-order valence-electron chi connectivity index (χ1n) is 9.00. The van der Waals surface area contributed by atoms with E-state index in [0.717, 1.165) is 10.1 Å². The van der Waals surface area contributed by atoms with E-state index < -0.39 is 16.2 Å². The second kappa shape index (κ2) is 7.92. The maximum atomic E-state index is 13.2. The lowest BCUT2D eigenvalue weighted by molar-refractivity contribution is -0.384. The van der Waals surface area contributed by atoms with Crippen molar-refractivity contribution in [3.05, 3.63) is 114 Å². The highest BCUT2D eigenvalue weighted by Crippen LogP contribution is 2.15. The van der Waals surface area contributed by atoms with Crippen molar-refractivity contribution in [2.75, 3.05) is 0 Å². The van der Waals surface area contributed by atoms with Gasteiger partial charge in [0.25, 0.3) is 11.2 Å². The van der Waals surface area contributed by atoms with Crippen LogP contribution in [0.3, 0.4) is 0 Å². The molecule has 0 aliphatic carbocycles. The van der Waals surface area contributed by atoms with Crippen LogP contribution in [0.25, 0.3) is 11.0 Å². The lowest BCUT2D eigenvalue weighted by atomic mass is 10.2. The number of pyridine rings is 1. The molecule has 0 atom stereocenters. The number of nitro benzene ring substituents is 1. The van der Waals surface area contributed by atoms with Crippen LogP contribution in [0.5, 0.6) is 0 Å². The molecule has 9 heteroatoms. The minimum atomic E-state index is -0.526. The fourth-order valence-electron chi connectivity index (χ4n) is 3.26. The number of benzene rings is 2. The Kier molecular flexibility index (Phi) is 5.16. The zero-order valence-corrected chi connectivity index (χ0v) is 16.3. The van der Waals surface area contributed by atoms with Crippen LogP contribution in [-0.2, 0) is 13.1 Å². The third kappa shape index (κ3) is 3.72. The lowest BCUT2D eigenvalue weighted by Gasteiger charge is -2.14. The van der Waals surface area contributed by atoms with Gasteiger partial charge in [0.2, 0.25) is 0 Å². The number of fused-ring (bicyclic) bond motifs is 1. The van der Waals surface area contributed by atoms with Gasteiger partial charge < -0.3 is 0 Å². The third-order valence-electron chi connectivity index (χ3n) is 4.70. The van der Waals surface area contributed by atoms with E-state index in [4.69, 9.17) is 11.6 Å².